The zero-order valence-electron chi connectivity index (χ0n) is 12.4. The van der Waals surface area contributed by atoms with Crippen LogP contribution in [0.2, 0.25) is 0 Å². The fourth-order valence-corrected chi connectivity index (χ4v) is 1.72. The van der Waals surface area contributed by atoms with Crippen molar-refractivity contribution < 1.29 is 31.8 Å². The van der Waals surface area contributed by atoms with E-state index in [0.29, 0.717) is 0 Å². The van der Waals surface area contributed by atoms with Crippen molar-refractivity contribution in [2.75, 3.05) is 0 Å². The molecule has 2 aromatic rings. The Kier molecular flexibility index (Phi) is 6.26. The van der Waals surface area contributed by atoms with Crippen LogP contribution in [0.15, 0.2) is 47.8 Å². The van der Waals surface area contributed by atoms with E-state index >= 15 is 0 Å². The van der Waals surface area contributed by atoms with E-state index in [9.17, 15) is 22.4 Å². The Morgan fingerprint density at radius 1 is 1.08 bits per heavy atom. The largest absolute Gasteiger partial charge is 0.435 e. The highest BCUT2D eigenvalue weighted by Gasteiger charge is 2.12. The number of hydrazone groups is 1. The number of pyridine rings is 1. The first-order valence-electron chi connectivity index (χ1n) is 6.73. The average molecular weight is 357 g/mol. The molecule has 10 heteroatoms. The van der Waals surface area contributed by atoms with Crippen LogP contribution in [0.4, 0.5) is 17.6 Å². The standard InChI is InChI=1S/C15H11F4N3O3/c16-14(17)24-11-2-1-10(12(7-11)25-15(18)19)8-21-22-13(23)9-3-5-20-6-4-9/h1-8,14-15H,(H,22,23)/b21-8-. The Labute approximate surface area is 139 Å². The SMILES string of the molecule is O=C(N/N=C\c1ccc(OC(F)F)cc1OC(F)F)c1ccncc1. The molecule has 0 bridgehead atoms. The van der Waals surface area contributed by atoms with Gasteiger partial charge in [0.25, 0.3) is 5.91 Å². The number of carbonyl (C=O) groups excluding carboxylic acids is 1. The van der Waals surface area contributed by atoms with Crippen LogP contribution >= 0.6 is 0 Å². The molecule has 0 spiro atoms. The van der Waals surface area contributed by atoms with Gasteiger partial charge in [0, 0.05) is 29.6 Å². The van der Waals surface area contributed by atoms with Crippen LogP contribution < -0.4 is 14.9 Å². The van der Waals surface area contributed by atoms with Gasteiger partial charge in [-0.15, -0.1) is 0 Å². The molecule has 0 aliphatic heterocycles. The maximum absolute atomic E-state index is 12.4. The quantitative estimate of drug-likeness (QED) is 0.470. The molecule has 0 fully saturated rings. The minimum Gasteiger partial charge on any atom is -0.435 e. The second-order valence-electron chi connectivity index (χ2n) is 4.39. The number of carbonyl (C=O) groups is 1. The lowest BCUT2D eigenvalue weighted by molar-refractivity contribution is -0.0543. The monoisotopic (exact) mass is 357 g/mol. The number of hydrogen-bond donors (Lipinski definition) is 1. The number of alkyl halides is 4. The molecular weight excluding hydrogens is 346 g/mol. The van der Waals surface area contributed by atoms with Gasteiger partial charge in [-0.25, -0.2) is 5.43 Å². The predicted octanol–water partition coefficient (Wildman–Crippen LogP) is 3.05. The van der Waals surface area contributed by atoms with E-state index in [1.807, 2.05) is 0 Å². The Morgan fingerprint density at radius 3 is 2.40 bits per heavy atom. The number of amides is 1. The first-order chi connectivity index (χ1) is 12.0. The summed E-state index contributed by atoms with van der Waals surface area (Å²) in [6.07, 6.45) is 3.85. The van der Waals surface area contributed by atoms with Crippen LogP contribution in [-0.4, -0.2) is 30.3 Å². The van der Waals surface area contributed by atoms with E-state index in [1.54, 1.807) is 0 Å². The third-order valence-electron chi connectivity index (χ3n) is 2.74. The fourth-order valence-electron chi connectivity index (χ4n) is 1.72. The second kappa shape index (κ2) is 8.62. The summed E-state index contributed by atoms with van der Waals surface area (Å²) in [6.45, 7) is -6.29. The molecule has 1 N–H and O–H groups in total. The Morgan fingerprint density at radius 2 is 1.76 bits per heavy atom. The van der Waals surface area contributed by atoms with Crippen molar-refractivity contribution in [2.24, 2.45) is 5.10 Å². The summed E-state index contributed by atoms with van der Waals surface area (Å²) in [5.41, 5.74) is 2.50. The van der Waals surface area contributed by atoms with E-state index in [1.165, 1.54) is 30.6 Å². The number of nitrogens with one attached hydrogen (secondary N) is 1. The molecule has 0 aliphatic rings. The van der Waals surface area contributed by atoms with Crippen molar-refractivity contribution >= 4 is 12.1 Å². The molecule has 1 heterocycles. The molecule has 25 heavy (non-hydrogen) atoms. The summed E-state index contributed by atoms with van der Waals surface area (Å²) in [4.78, 5) is 15.5. The minimum atomic E-state index is -3.18. The molecular formula is C15H11F4N3O3. The van der Waals surface area contributed by atoms with Gasteiger partial charge < -0.3 is 9.47 Å². The molecule has 0 atom stereocenters. The van der Waals surface area contributed by atoms with Crippen molar-refractivity contribution in [2.45, 2.75) is 13.2 Å². The molecule has 0 saturated carbocycles. The first kappa shape index (κ1) is 18.2. The molecule has 2 rings (SSSR count). The highest BCUT2D eigenvalue weighted by molar-refractivity contribution is 5.94. The molecule has 0 radical (unpaired) electrons. The van der Waals surface area contributed by atoms with Crippen molar-refractivity contribution in [3.8, 4) is 11.5 Å². The third-order valence-corrected chi connectivity index (χ3v) is 2.74. The number of halogens is 4. The number of aromatic nitrogens is 1. The molecule has 0 unspecified atom stereocenters. The van der Waals surface area contributed by atoms with Gasteiger partial charge in [-0.2, -0.15) is 22.7 Å². The van der Waals surface area contributed by atoms with Gasteiger partial charge in [-0.05, 0) is 24.3 Å². The number of nitrogens with zero attached hydrogens (tertiary/aromatic N) is 2. The smallest absolute Gasteiger partial charge is 0.387 e. The zero-order valence-corrected chi connectivity index (χ0v) is 12.4. The number of benzene rings is 1. The molecule has 0 saturated heterocycles. The molecule has 132 valence electrons. The normalized spacial score (nSPS) is 11.1. The molecule has 0 aliphatic carbocycles. The van der Waals surface area contributed by atoms with E-state index in [0.717, 1.165) is 18.3 Å². The zero-order chi connectivity index (χ0) is 18.2. The molecule has 1 aromatic heterocycles. The summed E-state index contributed by atoms with van der Waals surface area (Å²) < 4.78 is 57.6. The van der Waals surface area contributed by atoms with E-state index in [4.69, 9.17) is 0 Å². The van der Waals surface area contributed by atoms with E-state index in [-0.39, 0.29) is 16.9 Å². The van der Waals surface area contributed by atoms with Crippen molar-refractivity contribution in [3.05, 3.63) is 53.9 Å². The van der Waals surface area contributed by atoms with Crippen LogP contribution in [0.1, 0.15) is 15.9 Å². The molecule has 6 nitrogen and oxygen atoms in total. The van der Waals surface area contributed by atoms with Crippen LogP contribution in [-0.2, 0) is 0 Å². The maximum atomic E-state index is 12.4. The Bertz CT molecular complexity index is 742. The Balaban J connectivity index is 2.12. The lowest BCUT2D eigenvalue weighted by Gasteiger charge is -2.10. The van der Waals surface area contributed by atoms with E-state index < -0.39 is 24.9 Å². The minimum absolute atomic E-state index is 0.0249. The van der Waals surface area contributed by atoms with E-state index in [2.05, 4.69) is 25.0 Å². The van der Waals surface area contributed by atoms with Crippen molar-refractivity contribution in [1.82, 2.24) is 10.4 Å². The average Bonchev–Trinajstić information content (AvgIpc) is 2.56. The lowest BCUT2D eigenvalue weighted by atomic mass is 10.2. The summed E-state index contributed by atoms with van der Waals surface area (Å²) >= 11 is 0. The number of ether oxygens (including phenoxy) is 2. The second-order valence-corrected chi connectivity index (χ2v) is 4.39. The van der Waals surface area contributed by atoms with Gasteiger partial charge >= 0.3 is 13.2 Å². The van der Waals surface area contributed by atoms with Crippen LogP contribution in [0.5, 0.6) is 11.5 Å². The Hall–Kier alpha value is -3.17. The summed E-state index contributed by atoms with van der Waals surface area (Å²) in [5, 5.41) is 3.62. The highest BCUT2D eigenvalue weighted by Crippen LogP contribution is 2.26. The highest BCUT2D eigenvalue weighted by atomic mass is 19.3. The number of rotatable bonds is 7. The van der Waals surface area contributed by atoms with Crippen LogP contribution in [0, 0.1) is 0 Å². The maximum Gasteiger partial charge on any atom is 0.387 e. The summed E-state index contributed by atoms with van der Waals surface area (Å²) in [5.74, 6) is -1.34. The van der Waals surface area contributed by atoms with Gasteiger partial charge in [0.05, 0.1) is 6.21 Å². The number of hydrogen-bond acceptors (Lipinski definition) is 5. The first-order valence-corrected chi connectivity index (χ1v) is 6.73. The van der Waals surface area contributed by atoms with Crippen molar-refractivity contribution in [1.29, 1.82) is 0 Å². The molecule has 1 aromatic carbocycles. The van der Waals surface area contributed by atoms with Gasteiger partial charge in [0.15, 0.2) is 0 Å². The summed E-state index contributed by atoms with van der Waals surface area (Å²) in [6, 6.07) is 6.07. The molecule has 1 amide bonds. The van der Waals surface area contributed by atoms with Crippen LogP contribution in [0.3, 0.4) is 0 Å². The lowest BCUT2D eigenvalue weighted by Crippen LogP contribution is -2.17. The third kappa shape index (κ3) is 5.75. The van der Waals surface area contributed by atoms with Gasteiger partial charge in [0.1, 0.15) is 11.5 Å². The fraction of sp³-hybridized carbons (Fsp3) is 0.133. The van der Waals surface area contributed by atoms with Gasteiger partial charge in [0.2, 0.25) is 0 Å². The van der Waals surface area contributed by atoms with Crippen molar-refractivity contribution in [3.63, 3.8) is 0 Å². The van der Waals surface area contributed by atoms with Gasteiger partial charge in [-0.3, -0.25) is 9.78 Å². The van der Waals surface area contributed by atoms with Gasteiger partial charge in [-0.1, -0.05) is 0 Å². The summed E-state index contributed by atoms with van der Waals surface area (Å²) in [7, 11) is 0. The predicted molar refractivity (Wildman–Crippen MR) is 79.0 cm³/mol. The van der Waals surface area contributed by atoms with Crippen LogP contribution in [0.25, 0.3) is 0 Å². The topological polar surface area (TPSA) is 72.8 Å².